The van der Waals surface area contributed by atoms with Crippen LogP contribution in [0.1, 0.15) is 70.1 Å². The van der Waals surface area contributed by atoms with E-state index < -0.39 is 50.9 Å². The van der Waals surface area contributed by atoms with Crippen molar-refractivity contribution >= 4 is 39.9 Å². The van der Waals surface area contributed by atoms with E-state index >= 15 is 0 Å². The van der Waals surface area contributed by atoms with Crippen LogP contribution < -0.4 is 0 Å². The maximum atomic E-state index is 14.3. The van der Waals surface area contributed by atoms with Crippen LogP contribution in [0, 0.1) is 10.8 Å². The fourth-order valence-corrected chi connectivity index (χ4v) is 8.37. The van der Waals surface area contributed by atoms with Gasteiger partial charge in [-0.25, -0.2) is 0 Å². The zero-order valence-electron chi connectivity index (χ0n) is 26.9. The van der Waals surface area contributed by atoms with Gasteiger partial charge in [0.2, 0.25) is 5.78 Å². The number of benzene rings is 3. The summed E-state index contributed by atoms with van der Waals surface area (Å²) >= 11 is 0. The van der Waals surface area contributed by atoms with Crippen molar-refractivity contribution in [2.45, 2.75) is 71.8 Å². The normalized spacial score (nSPS) is 25.4. The Bertz CT molecular complexity index is 1970. The number of ketones is 3. The Morgan fingerprint density at radius 3 is 2.28 bits per heavy atom. The molecule has 0 heterocycles. The highest BCUT2D eigenvalue weighted by Crippen LogP contribution is 2.63. The first-order valence-electron chi connectivity index (χ1n) is 15.9. The Labute approximate surface area is 272 Å². The van der Waals surface area contributed by atoms with Crippen molar-refractivity contribution in [2.75, 3.05) is 6.61 Å². The lowest BCUT2D eigenvalue weighted by atomic mass is 9.47. The van der Waals surface area contributed by atoms with Crippen LogP contribution >= 0.6 is 0 Å². The lowest BCUT2D eigenvalue weighted by Crippen LogP contribution is -2.65. The maximum Gasteiger partial charge on any atom is 0.305 e. The zero-order chi connectivity index (χ0) is 34.1. The molecule has 3 aliphatic carbocycles. The van der Waals surface area contributed by atoms with Gasteiger partial charge in [0.15, 0.2) is 17.2 Å². The van der Waals surface area contributed by atoms with Gasteiger partial charge in [0.05, 0.1) is 12.2 Å². The number of allylic oxidation sites excluding steroid dienone is 1. The zero-order valence-corrected chi connectivity index (χ0v) is 26.9. The minimum atomic E-state index is -2.62. The summed E-state index contributed by atoms with van der Waals surface area (Å²) in [7, 11) is 0. The van der Waals surface area contributed by atoms with Gasteiger partial charge in [0.1, 0.15) is 22.8 Å². The number of hydrogen-bond acceptors (Lipinski definition) is 9. The van der Waals surface area contributed by atoms with Crippen molar-refractivity contribution in [3.8, 4) is 16.9 Å². The maximum absolute atomic E-state index is 14.3. The summed E-state index contributed by atoms with van der Waals surface area (Å²) in [5.74, 6) is -4.41. The first-order valence-corrected chi connectivity index (χ1v) is 15.9. The Balaban J connectivity index is 1.50. The van der Waals surface area contributed by atoms with Gasteiger partial charge in [-0.1, -0.05) is 56.3 Å². The molecule has 0 aliphatic heterocycles. The summed E-state index contributed by atoms with van der Waals surface area (Å²) in [4.78, 5) is 51.5. The minimum Gasteiger partial charge on any atom is -0.508 e. The van der Waals surface area contributed by atoms with Crippen molar-refractivity contribution in [2.24, 2.45) is 10.8 Å². The number of aryl methyl sites for hydroxylation is 1. The Morgan fingerprint density at radius 2 is 1.60 bits per heavy atom. The molecule has 0 unspecified atom stereocenters. The molecule has 1 fully saturated rings. The number of phenols is 1. The predicted octanol–water partition coefficient (Wildman–Crippen LogP) is 6.01. The molecule has 0 radical (unpaired) electrons. The third-order valence-corrected chi connectivity index (χ3v) is 10.3. The molecule has 9 heteroatoms. The van der Waals surface area contributed by atoms with E-state index in [9.17, 15) is 39.6 Å². The Morgan fingerprint density at radius 1 is 0.915 bits per heavy atom. The summed E-state index contributed by atoms with van der Waals surface area (Å²) in [5, 5.41) is 47.9. The van der Waals surface area contributed by atoms with Crippen LogP contribution in [0.2, 0.25) is 0 Å². The van der Waals surface area contributed by atoms with E-state index in [1.807, 2.05) is 36.4 Å². The molecule has 0 amide bonds. The number of aromatic hydroxyl groups is 1. The fourth-order valence-electron chi connectivity index (χ4n) is 8.37. The molecule has 244 valence electrons. The quantitative estimate of drug-likeness (QED) is 0.180. The lowest BCUT2D eigenvalue weighted by Gasteiger charge is -2.56. The molecule has 0 bridgehead atoms. The molecule has 3 aromatic carbocycles. The molecule has 0 spiro atoms. The van der Waals surface area contributed by atoms with Crippen molar-refractivity contribution in [3.05, 3.63) is 82.1 Å². The summed E-state index contributed by atoms with van der Waals surface area (Å²) in [6.45, 7) is 6.52. The van der Waals surface area contributed by atoms with Gasteiger partial charge < -0.3 is 25.2 Å². The fraction of sp³-hybridized carbons (Fsp3) is 0.368. The van der Waals surface area contributed by atoms with Gasteiger partial charge in [-0.2, -0.15) is 0 Å². The van der Waals surface area contributed by atoms with Crippen LogP contribution in [0.4, 0.5) is 0 Å². The Kier molecular flexibility index (Phi) is 7.67. The van der Waals surface area contributed by atoms with Crippen LogP contribution in [0.25, 0.3) is 27.7 Å². The molecular formula is C38H38O9. The molecule has 0 aromatic heterocycles. The van der Waals surface area contributed by atoms with Gasteiger partial charge in [-0.15, -0.1) is 0 Å². The topological polar surface area (TPSA) is 158 Å². The Hall–Kier alpha value is -4.76. The molecule has 47 heavy (non-hydrogen) atoms. The van der Waals surface area contributed by atoms with Crippen LogP contribution in [0.15, 0.2) is 65.4 Å². The lowest BCUT2D eigenvalue weighted by molar-refractivity contribution is -0.165. The molecule has 6 rings (SSSR count). The molecule has 4 N–H and O–H groups in total. The average Bonchev–Trinajstić information content (AvgIpc) is 2.99. The second-order valence-corrected chi connectivity index (χ2v) is 13.6. The number of carbonyl (C=O) groups is 4. The van der Waals surface area contributed by atoms with Crippen molar-refractivity contribution in [3.63, 3.8) is 0 Å². The van der Waals surface area contributed by atoms with Gasteiger partial charge in [-0.05, 0) is 78.6 Å². The van der Waals surface area contributed by atoms with Gasteiger partial charge in [-0.3, -0.25) is 19.2 Å². The van der Waals surface area contributed by atoms with Crippen molar-refractivity contribution < 1.29 is 44.3 Å². The SMILES string of the molecule is CCOC(=O)CCCc1ccc(-c2ccc(O)c3c2C[C@@]2(C)C[C@@]4(C)CC(=O)C(C(C)=O)=C(O)[C@]4(O)C(=O)C2=C3O)c2ccccc12. The number of fused-ring (bicyclic) bond motifs is 4. The summed E-state index contributed by atoms with van der Waals surface area (Å²) in [6.07, 6.45) is 1.45. The molecule has 9 nitrogen and oxygen atoms in total. The third kappa shape index (κ3) is 4.70. The highest BCUT2D eigenvalue weighted by Gasteiger charge is 2.68. The van der Waals surface area contributed by atoms with E-state index in [1.54, 1.807) is 26.8 Å². The summed E-state index contributed by atoms with van der Waals surface area (Å²) < 4.78 is 5.07. The second kappa shape index (κ2) is 11.2. The first-order chi connectivity index (χ1) is 22.2. The number of rotatable bonds is 7. The predicted molar refractivity (Wildman–Crippen MR) is 175 cm³/mol. The van der Waals surface area contributed by atoms with Crippen LogP contribution in [0.5, 0.6) is 5.75 Å². The summed E-state index contributed by atoms with van der Waals surface area (Å²) in [5.41, 5.74) is -2.68. The first kappa shape index (κ1) is 32.2. The highest BCUT2D eigenvalue weighted by molar-refractivity contribution is 6.23. The molecule has 0 saturated heterocycles. The number of aliphatic hydroxyl groups excluding tert-OH is 2. The second-order valence-electron chi connectivity index (χ2n) is 13.6. The molecule has 3 atom stereocenters. The number of aliphatic hydroxyl groups is 3. The minimum absolute atomic E-state index is 0.0251. The number of esters is 1. The molecular weight excluding hydrogens is 600 g/mol. The third-order valence-electron chi connectivity index (χ3n) is 10.3. The van der Waals surface area contributed by atoms with E-state index in [4.69, 9.17) is 4.74 Å². The molecule has 3 aromatic rings. The number of Topliss-reactive ketones (excluding diaryl/α,β-unsaturated/α-hetero) is 3. The van der Waals surface area contributed by atoms with Gasteiger partial charge in [0, 0.05) is 29.2 Å². The van der Waals surface area contributed by atoms with Crippen LogP contribution in [-0.4, -0.2) is 56.0 Å². The van der Waals surface area contributed by atoms with E-state index in [-0.39, 0.29) is 42.1 Å². The van der Waals surface area contributed by atoms with E-state index in [0.29, 0.717) is 31.4 Å². The largest absolute Gasteiger partial charge is 0.508 e. The monoisotopic (exact) mass is 638 g/mol. The standard InChI is InChI=1S/C38H38O9/c1-5-47-29(42)12-8-9-21-13-14-24(23-11-7-6-10-22(21)23)25-15-16-27(40)31-26(25)17-36(3)19-37(4)18-28(41)30(20(2)39)34(44)38(37,46)35(45)32(36)33(31)43/h6-7,10-11,13-16,40,43-44,46H,5,8-9,12,17-19H2,1-4H3/t36-,37+,38-/m0/s1. The van der Waals surface area contributed by atoms with Gasteiger partial charge >= 0.3 is 5.97 Å². The van der Waals surface area contributed by atoms with Crippen molar-refractivity contribution in [1.29, 1.82) is 0 Å². The smallest absolute Gasteiger partial charge is 0.305 e. The van der Waals surface area contributed by atoms with E-state index in [2.05, 4.69) is 0 Å². The average molecular weight is 639 g/mol. The number of phenolic OH excluding ortho intramolecular Hbond substituents is 1. The van der Waals surface area contributed by atoms with E-state index in [0.717, 1.165) is 34.4 Å². The van der Waals surface area contributed by atoms with E-state index in [1.165, 1.54) is 6.07 Å². The molecule has 3 aliphatic rings. The number of carbonyl (C=O) groups excluding carboxylic acids is 4. The van der Waals surface area contributed by atoms with Crippen molar-refractivity contribution in [1.82, 2.24) is 0 Å². The van der Waals surface area contributed by atoms with Crippen LogP contribution in [0.3, 0.4) is 0 Å². The highest BCUT2D eigenvalue weighted by atomic mass is 16.5. The molecule has 1 saturated carbocycles. The summed E-state index contributed by atoms with van der Waals surface area (Å²) in [6, 6.07) is 15.1. The number of hydrogen-bond donors (Lipinski definition) is 4. The number of ether oxygens (including phenoxy) is 1. The van der Waals surface area contributed by atoms with Gasteiger partial charge in [0.25, 0.3) is 0 Å². The van der Waals surface area contributed by atoms with Crippen LogP contribution in [-0.2, 0) is 36.8 Å².